The number of hydrogen-bond donors (Lipinski definition) is 1. The second kappa shape index (κ2) is 5.91. The minimum Gasteiger partial charge on any atom is -0.267 e. The number of alkyl halides is 3. The van der Waals surface area contributed by atoms with Gasteiger partial charge in [-0.05, 0) is 31.7 Å². The van der Waals surface area contributed by atoms with Crippen molar-refractivity contribution in [3.05, 3.63) is 44.1 Å². The first kappa shape index (κ1) is 17.7. The molecule has 0 spiro atoms. The molecule has 1 aliphatic carbocycles. The fourth-order valence-corrected chi connectivity index (χ4v) is 4.58. The van der Waals surface area contributed by atoms with E-state index in [0.717, 1.165) is 41.4 Å². The molecule has 0 saturated carbocycles. The van der Waals surface area contributed by atoms with Crippen LogP contribution in [0.2, 0.25) is 0 Å². The Morgan fingerprint density at radius 1 is 1.33 bits per heavy atom. The fraction of sp³-hybridized carbons (Fsp3) is 0.375. The van der Waals surface area contributed by atoms with Gasteiger partial charge in [-0.1, -0.05) is 0 Å². The number of nitrogens with one attached hydrogen (secondary N) is 1. The van der Waals surface area contributed by atoms with Gasteiger partial charge in [0.25, 0.3) is 11.5 Å². The molecule has 0 aliphatic heterocycles. The van der Waals surface area contributed by atoms with Crippen LogP contribution in [0.15, 0.2) is 10.9 Å². The SMILES string of the molecule is Cc1nc2sc3c(c2c(=O)n1NC(=O)c1cc(C(F)(F)F)n(C)n1)CCC3. The van der Waals surface area contributed by atoms with Crippen LogP contribution in [0.5, 0.6) is 0 Å². The summed E-state index contributed by atoms with van der Waals surface area (Å²) in [6, 6.07) is 0.643. The van der Waals surface area contributed by atoms with Gasteiger partial charge in [0.15, 0.2) is 5.69 Å². The highest BCUT2D eigenvalue weighted by molar-refractivity contribution is 7.18. The van der Waals surface area contributed by atoms with Crippen molar-refractivity contribution in [1.82, 2.24) is 19.4 Å². The van der Waals surface area contributed by atoms with Gasteiger partial charge >= 0.3 is 6.18 Å². The quantitative estimate of drug-likeness (QED) is 0.720. The van der Waals surface area contributed by atoms with Crippen LogP contribution in [0.25, 0.3) is 10.2 Å². The number of nitrogens with zero attached hydrogens (tertiary/aromatic N) is 4. The van der Waals surface area contributed by atoms with E-state index in [1.165, 1.54) is 11.3 Å². The lowest BCUT2D eigenvalue weighted by Gasteiger charge is -2.10. The molecule has 3 aromatic rings. The van der Waals surface area contributed by atoms with Crippen molar-refractivity contribution in [2.75, 3.05) is 5.43 Å². The lowest BCUT2D eigenvalue weighted by molar-refractivity contribution is -0.143. The molecule has 1 amide bonds. The minimum atomic E-state index is -4.63. The smallest absolute Gasteiger partial charge is 0.267 e. The monoisotopic (exact) mass is 397 g/mol. The Labute approximate surface area is 154 Å². The number of thiophene rings is 1. The average Bonchev–Trinajstić information content (AvgIpc) is 3.24. The number of rotatable bonds is 2. The molecule has 0 radical (unpaired) electrons. The molecule has 4 rings (SSSR count). The molecule has 7 nitrogen and oxygen atoms in total. The highest BCUT2D eigenvalue weighted by atomic mass is 32.1. The van der Waals surface area contributed by atoms with Crippen LogP contribution in [0, 0.1) is 6.92 Å². The summed E-state index contributed by atoms with van der Waals surface area (Å²) in [5.41, 5.74) is 1.35. The first-order chi connectivity index (χ1) is 12.7. The molecule has 3 aromatic heterocycles. The zero-order valence-corrected chi connectivity index (χ0v) is 15.2. The molecule has 1 aliphatic rings. The van der Waals surface area contributed by atoms with Gasteiger partial charge in [-0.3, -0.25) is 19.7 Å². The largest absolute Gasteiger partial charge is 0.433 e. The Morgan fingerprint density at radius 3 is 2.74 bits per heavy atom. The number of aromatic nitrogens is 4. The van der Waals surface area contributed by atoms with E-state index < -0.39 is 29.0 Å². The summed E-state index contributed by atoms with van der Waals surface area (Å²) in [5, 5.41) is 4.06. The molecule has 11 heteroatoms. The van der Waals surface area contributed by atoms with E-state index in [9.17, 15) is 22.8 Å². The average molecular weight is 397 g/mol. The third-order valence-corrected chi connectivity index (χ3v) is 5.71. The summed E-state index contributed by atoms with van der Waals surface area (Å²) < 4.78 is 40.2. The normalized spacial score (nSPS) is 14.0. The van der Waals surface area contributed by atoms with Crippen LogP contribution in [-0.4, -0.2) is 25.3 Å². The van der Waals surface area contributed by atoms with Crippen molar-refractivity contribution in [3.8, 4) is 0 Å². The summed E-state index contributed by atoms with van der Waals surface area (Å²) >= 11 is 1.47. The summed E-state index contributed by atoms with van der Waals surface area (Å²) in [5.74, 6) is -0.674. The van der Waals surface area contributed by atoms with Crippen molar-refractivity contribution in [1.29, 1.82) is 0 Å². The van der Waals surface area contributed by atoms with E-state index in [-0.39, 0.29) is 5.82 Å². The molecule has 142 valence electrons. The second-order valence-corrected chi connectivity index (χ2v) is 7.40. The molecule has 0 fully saturated rings. The first-order valence-corrected chi connectivity index (χ1v) is 8.95. The van der Waals surface area contributed by atoms with Crippen molar-refractivity contribution < 1.29 is 18.0 Å². The highest BCUT2D eigenvalue weighted by Crippen LogP contribution is 2.34. The molecular formula is C16H14F3N5O2S. The summed E-state index contributed by atoms with van der Waals surface area (Å²) in [6.07, 6.45) is -2.00. The van der Waals surface area contributed by atoms with Gasteiger partial charge in [-0.25, -0.2) is 9.66 Å². The molecule has 0 aromatic carbocycles. The lowest BCUT2D eigenvalue weighted by atomic mass is 10.2. The van der Waals surface area contributed by atoms with E-state index in [0.29, 0.717) is 21.0 Å². The summed E-state index contributed by atoms with van der Waals surface area (Å²) in [6.45, 7) is 1.55. The van der Waals surface area contributed by atoms with Crippen molar-refractivity contribution >= 4 is 27.5 Å². The lowest BCUT2D eigenvalue weighted by Crippen LogP contribution is -2.35. The van der Waals surface area contributed by atoms with Crippen LogP contribution < -0.4 is 11.0 Å². The van der Waals surface area contributed by atoms with Gasteiger partial charge < -0.3 is 0 Å². The van der Waals surface area contributed by atoms with E-state index in [2.05, 4.69) is 15.5 Å². The van der Waals surface area contributed by atoms with E-state index in [1.807, 2.05) is 0 Å². The van der Waals surface area contributed by atoms with Crippen molar-refractivity contribution in [3.63, 3.8) is 0 Å². The maximum atomic E-state index is 12.9. The number of amides is 1. The maximum absolute atomic E-state index is 12.9. The number of hydrogen-bond acceptors (Lipinski definition) is 5. The fourth-order valence-electron chi connectivity index (χ4n) is 3.28. The molecule has 27 heavy (non-hydrogen) atoms. The Morgan fingerprint density at radius 2 is 2.07 bits per heavy atom. The van der Waals surface area contributed by atoms with Crippen molar-refractivity contribution in [2.24, 2.45) is 7.05 Å². The van der Waals surface area contributed by atoms with Crippen LogP contribution in [0.3, 0.4) is 0 Å². The predicted molar refractivity (Wildman–Crippen MR) is 92.5 cm³/mol. The molecule has 0 saturated heterocycles. The highest BCUT2D eigenvalue weighted by Gasteiger charge is 2.36. The molecule has 0 bridgehead atoms. The number of aryl methyl sites for hydroxylation is 4. The van der Waals surface area contributed by atoms with Crippen LogP contribution in [-0.2, 0) is 26.1 Å². The second-order valence-electron chi connectivity index (χ2n) is 6.31. The number of halogens is 3. The molecular weight excluding hydrogens is 383 g/mol. The number of carbonyl (C=O) groups excluding carboxylic acids is 1. The Hall–Kier alpha value is -2.69. The summed E-state index contributed by atoms with van der Waals surface area (Å²) in [7, 11) is 1.10. The molecule has 0 atom stereocenters. The molecule has 3 heterocycles. The minimum absolute atomic E-state index is 0.243. The van der Waals surface area contributed by atoms with Gasteiger partial charge in [0.2, 0.25) is 0 Å². The first-order valence-electron chi connectivity index (χ1n) is 8.13. The van der Waals surface area contributed by atoms with Gasteiger partial charge in [0, 0.05) is 18.0 Å². The van der Waals surface area contributed by atoms with E-state index >= 15 is 0 Å². The van der Waals surface area contributed by atoms with E-state index in [4.69, 9.17) is 0 Å². The third kappa shape index (κ3) is 2.82. The Bertz CT molecular complexity index is 1140. The standard InChI is InChI=1S/C16H14F3N5O2S/c1-7-20-14-12(8-4-3-5-10(8)27-14)15(26)24(7)22-13(25)9-6-11(16(17,18)19)23(2)21-9/h6H,3-5H2,1-2H3,(H,22,25). The van der Waals surface area contributed by atoms with Crippen LogP contribution in [0.1, 0.15) is 38.9 Å². The van der Waals surface area contributed by atoms with Crippen LogP contribution in [0.4, 0.5) is 13.2 Å². The number of fused-ring (bicyclic) bond motifs is 3. The zero-order valence-electron chi connectivity index (χ0n) is 14.3. The summed E-state index contributed by atoms with van der Waals surface area (Å²) in [4.78, 5) is 31.4. The Kier molecular flexibility index (Phi) is 3.88. The third-order valence-electron chi connectivity index (χ3n) is 4.52. The predicted octanol–water partition coefficient (Wildman–Crippen LogP) is 2.39. The van der Waals surface area contributed by atoms with Gasteiger partial charge in [-0.2, -0.15) is 18.3 Å². The molecule has 0 unspecified atom stereocenters. The van der Waals surface area contributed by atoms with E-state index in [1.54, 1.807) is 6.92 Å². The van der Waals surface area contributed by atoms with Gasteiger partial charge in [-0.15, -0.1) is 11.3 Å². The zero-order chi connectivity index (χ0) is 19.5. The maximum Gasteiger partial charge on any atom is 0.433 e. The Balaban J connectivity index is 1.74. The molecule has 1 N–H and O–H groups in total. The van der Waals surface area contributed by atoms with Crippen molar-refractivity contribution in [2.45, 2.75) is 32.4 Å². The van der Waals surface area contributed by atoms with Gasteiger partial charge in [0.1, 0.15) is 16.3 Å². The van der Waals surface area contributed by atoms with Crippen LogP contribution >= 0.6 is 11.3 Å². The number of carbonyl (C=O) groups is 1. The van der Waals surface area contributed by atoms with Gasteiger partial charge in [0.05, 0.1) is 5.39 Å². The topological polar surface area (TPSA) is 81.8 Å².